The smallest absolute Gasteiger partial charge is 0.253 e. The molecule has 8 heteroatoms. The number of pyridine rings is 1. The van der Waals surface area contributed by atoms with Crippen LogP contribution in [-0.2, 0) is 9.84 Å². The van der Waals surface area contributed by atoms with Gasteiger partial charge in [0.25, 0.3) is 5.91 Å². The van der Waals surface area contributed by atoms with E-state index in [1.54, 1.807) is 16.9 Å². The van der Waals surface area contributed by atoms with Crippen LogP contribution in [-0.4, -0.2) is 46.6 Å². The third kappa shape index (κ3) is 2.83. The molecule has 1 aliphatic heterocycles. The van der Waals surface area contributed by atoms with Crippen LogP contribution in [0, 0.1) is 0 Å². The Kier molecular flexibility index (Phi) is 3.64. The van der Waals surface area contributed by atoms with E-state index in [9.17, 15) is 13.2 Å². The standard InChI is InChI=1S/C14H18N4O3S/c1-9(2)18-13-10(7-16-18)5-11(6-15-13)14(19)17-12-3-4-22(20,21)8-12/h5-7,9,12H,3-4,8H2,1-2H3,(H,17,19)/t12-/m0/s1. The Morgan fingerprint density at radius 3 is 2.82 bits per heavy atom. The molecule has 0 aromatic carbocycles. The fourth-order valence-electron chi connectivity index (χ4n) is 2.62. The first-order chi connectivity index (χ1) is 10.4. The van der Waals surface area contributed by atoms with Crippen molar-refractivity contribution in [2.45, 2.75) is 32.4 Å². The molecule has 118 valence electrons. The Morgan fingerprint density at radius 1 is 1.41 bits per heavy atom. The quantitative estimate of drug-likeness (QED) is 0.907. The second kappa shape index (κ2) is 5.35. The van der Waals surface area contributed by atoms with E-state index in [-0.39, 0.29) is 29.5 Å². The van der Waals surface area contributed by atoms with Gasteiger partial charge in [0.2, 0.25) is 0 Å². The summed E-state index contributed by atoms with van der Waals surface area (Å²) >= 11 is 0. The van der Waals surface area contributed by atoms with Crippen LogP contribution in [0.25, 0.3) is 11.0 Å². The van der Waals surface area contributed by atoms with Crippen molar-refractivity contribution in [2.24, 2.45) is 0 Å². The molecule has 1 amide bonds. The van der Waals surface area contributed by atoms with Gasteiger partial charge >= 0.3 is 0 Å². The van der Waals surface area contributed by atoms with Crippen LogP contribution in [0.4, 0.5) is 0 Å². The molecule has 2 aromatic rings. The lowest BCUT2D eigenvalue weighted by Crippen LogP contribution is -2.35. The Bertz CT molecular complexity index is 826. The molecular weight excluding hydrogens is 304 g/mol. The number of carbonyl (C=O) groups excluding carboxylic acids is 1. The molecule has 1 N–H and O–H groups in total. The number of nitrogens with zero attached hydrogens (tertiary/aromatic N) is 3. The van der Waals surface area contributed by atoms with Crippen molar-refractivity contribution in [1.82, 2.24) is 20.1 Å². The predicted octanol–water partition coefficient (Wildman–Crippen LogP) is 0.929. The number of sulfone groups is 1. The van der Waals surface area contributed by atoms with E-state index in [4.69, 9.17) is 0 Å². The highest BCUT2D eigenvalue weighted by Gasteiger charge is 2.29. The lowest BCUT2D eigenvalue weighted by atomic mass is 10.2. The molecule has 0 spiro atoms. The van der Waals surface area contributed by atoms with Gasteiger partial charge in [0.15, 0.2) is 15.5 Å². The number of rotatable bonds is 3. The molecule has 0 aliphatic carbocycles. The molecule has 1 saturated heterocycles. The predicted molar refractivity (Wildman–Crippen MR) is 82.4 cm³/mol. The van der Waals surface area contributed by atoms with E-state index in [1.807, 2.05) is 13.8 Å². The number of nitrogens with one attached hydrogen (secondary N) is 1. The van der Waals surface area contributed by atoms with Gasteiger partial charge < -0.3 is 5.32 Å². The van der Waals surface area contributed by atoms with Crippen LogP contribution >= 0.6 is 0 Å². The lowest BCUT2D eigenvalue weighted by Gasteiger charge is -2.11. The molecule has 0 bridgehead atoms. The minimum Gasteiger partial charge on any atom is -0.348 e. The molecule has 1 atom stereocenters. The first-order valence-electron chi connectivity index (χ1n) is 7.20. The number of hydrogen-bond donors (Lipinski definition) is 1. The van der Waals surface area contributed by atoms with E-state index >= 15 is 0 Å². The summed E-state index contributed by atoms with van der Waals surface area (Å²) in [7, 11) is -3.01. The molecule has 0 radical (unpaired) electrons. The molecule has 1 fully saturated rings. The average molecular weight is 322 g/mol. The van der Waals surface area contributed by atoms with Crippen LogP contribution in [0.15, 0.2) is 18.5 Å². The summed E-state index contributed by atoms with van der Waals surface area (Å²) in [6.07, 6.45) is 3.65. The molecule has 3 heterocycles. The molecule has 2 aromatic heterocycles. The van der Waals surface area contributed by atoms with E-state index in [1.165, 1.54) is 6.20 Å². The lowest BCUT2D eigenvalue weighted by molar-refractivity contribution is 0.0941. The Hall–Kier alpha value is -1.96. The van der Waals surface area contributed by atoms with Gasteiger partial charge in [-0.1, -0.05) is 0 Å². The molecule has 0 saturated carbocycles. The third-order valence-corrected chi connectivity index (χ3v) is 5.52. The van der Waals surface area contributed by atoms with E-state index < -0.39 is 9.84 Å². The van der Waals surface area contributed by atoms with Gasteiger partial charge in [-0.25, -0.2) is 18.1 Å². The Labute approximate surface area is 128 Å². The molecule has 3 rings (SSSR count). The van der Waals surface area contributed by atoms with Gasteiger partial charge in [0, 0.05) is 23.7 Å². The van der Waals surface area contributed by atoms with Crippen LogP contribution in [0.3, 0.4) is 0 Å². The largest absolute Gasteiger partial charge is 0.348 e. The summed E-state index contributed by atoms with van der Waals surface area (Å²) in [5, 5.41) is 7.81. The van der Waals surface area contributed by atoms with Crippen molar-refractivity contribution in [3.05, 3.63) is 24.0 Å². The minimum atomic E-state index is -3.01. The summed E-state index contributed by atoms with van der Waals surface area (Å²) in [6.45, 7) is 4.02. The minimum absolute atomic E-state index is 0.0136. The second-order valence-electron chi connectivity index (χ2n) is 5.89. The number of carbonyl (C=O) groups is 1. The van der Waals surface area contributed by atoms with Gasteiger partial charge in [0.1, 0.15) is 0 Å². The van der Waals surface area contributed by atoms with Crippen molar-refractivity contribution in [1.29, 1.82) is 0 Å². The van der Waals surface area contributed by atoms with Crippen molar-refractivity contribution in [3.8, 4) is 0 Å². The van der Waals surface area contributed by atoms with Crippen molar-refractivity contribution < 1.29 is 13.2 Å². The normalized spacial score (nSPS) is 20.6. The van der Waals surface area contributed by atoms with Crippen molar-refractivity contribution in [3.63, 3.8) is 0 Å². The molecular formula is C14H18N4O3S. The first-order valence-corrected chi connectivity index (χ1v) is 9.02. The molecule has 7 nitrogen and oxygen atoms in total. The number of fused-ring (bicyclic) bond motifs is 1. The zero-order chi connectivity index (χ0) is 15.9. The maximum absolute atomic E-state index is 12.2. The van der Waals surface area contributed by atoms with E-state index in [2.05, 4.69) is 15.4 Å². The molecule has 1 aliphatic rings. The maximum Gasteiger partial charge on any atom is 0.253 e. The van der Waals surface area contributed by atoms with Crippen LogP contribution in [0.1, 0.15) is 36.7 Å². The van der Waals surface area contributed by atoms with Gasteiger partial charge in [-0.3, -0.25) is 4.79 Å². The van der Waals surface area contributed by atoms with Gasteiger partial charge in [0.05, 0.1) is 23.3 Å². The van der Waals surface area contributed by atoms with Gasteiger partial charge in [-0.05, 0) is 26.3 Å². The summed E-state index contributed by atoms with van der Waals surface area (Å²) < 4.78 is 24.6. The average Bonchev–Trinajstić information content (AvgIpc) is 3.01. The molecule has 0 unspecified atom stereocenters. The van der Waals surface area contributed by atoms with Gasteiger partial charge in [-0.15, -0.1) is 0 Å². The molecule has 22 heavy (non-hydrogen) atoms. The Morgan fingerprint density at radius 2 is 2.18 bits per heavy atom. The van der Waals surface area contributed by atoms with Crippen LogP contribution in [0.5, 0.6) is 0 Å². The number of amides is 1. The SMILES string of the molecule is CC(C)n1ncc2cc(C(=O)N[C@H]3CCS(=O)(=O)C3)cnc21. The summed E-state index contributed by atoms with van der Waals surface area (Å²) in [6, 6.07) is 1.60. The topological polar surface area (TPSA) is 94.0 Å². The van der Waals surface area contributed by atoms with Crippen molar-refractivity contribution >= 4 is 26.8 Å². The zero-order valence-electron chi connectivity index (χ0n) is 12.5. The summed E-state index contributed by atoms with van der Waals surface area (Å²) in [4.78, 5) is 16.5. The maximum atomic E-state index is 12.2. The van der Waals surface area contributed by atoms with E-state index in [0.717, 1.165) is 11.0 Å². The van der Waals surface area contributed by atoms with Crippen LogP contribution < -0.4 is 5.32 Å². The number of aromatic nitrogens is 3. The van der Waals surface area contributed by atoms with Crippen molar-refractivity contribution in [2.75, 3.05) is 11.5 Å². The summed E-state index contributed by atoms with van der Waals surface area (Å²) in [5.41, 5.74) is 1.15. The zero-order valence-corrected chi connectivity index (χ0v) is 13.3. The Balaban J connectivity index is 1.80. The fourth-order valence-corrected chi connectivity index (χ4v) is 4.29. The highest BCUT2D eigenvalue weighted by Crippen LogP contribution is 2.17. The first kappa shape index (κ1) is 15.0. The fraction of sp³-hybridized carbons (Fsp3) is 0.500. The van der Waals surface area contributed by atoms with Crippen LogP contribution in [0.2, 0.25) is 0 Å². The second-order valence-corrected chi connectivity index (χ2v) is 8.12. The van der Waals surface area contributed by atoms with Gasteiger partial charge in [-0.2, -0.15) is 5.10 Å². The van der Waals surface area contributed by atoms with E-state index in [0.29, 0.717) is 12.0 Å². The third-order valence-electron chi connectivity index (χ3n) is 3.75. The highest BCUT2D eigenvalue weighted by molar-refractivity contribution is 7.91. The highest BCUT2D eigenvalue weighted by atomic mass is 32.2. The summed E-state index contributed by atoms with van der Waals surface area (Å²) in [5.74, 6) is -0.149. The monoisotopic (exact) mass is 322 g/mol. The number of hydrogen-bond acceptors (Lipinski definition) is 5.